The van der Waals surface area contributed by atoms with Crippen LogP contribution in [-0.4, -0.2) is 36.5 Å². The fraction of sp³-hybridized carbons (Fsp3) is 0.333. The topological polar surface area (TPSA) is 69.7 Å². The van der Waals surface area contributed by atoms with Gasteiger partial charge in [0.05, 0.1) is 13.2 Å². The zero-order valence-electron chi connectivity index (χ0n) is 11.5. The fourth-order valence-electron chi connectivity index (χ4n) is 2.21. The maximum absolute atomic E-state index is 9.16. The zero-order chi connectivity index (χ0) is 14.5. The second-order valence-electron chi connectivity index (χ2n) is 4.64. The van der Waals surface area contributed by atoms with E-state index in [0.717, 1.165) is 27.4 Å². The second-order valence-corrected chi connectivity index (χ2v) is 5.58. The molecule has 0 saturated carbocycles. The van der Waals surface area contributed by atoms with E-state index in [1.807, 2.05) is 41.5 Å². The lowest BCUT2D eigenvalue weighted by Crippen LogP contribution is -2.29. The first-order valence-corrected chi connectivity index (χ1v) is 7.46. The number of aliphatic hydroxyl groups is 2. The minimum absolute atomic E-state index is 0.0533. The molecular formula is C15H20N2O2S. The Labute approximate surface area is 123 Å². The van der Waals surface area contributed by atoms with Crippen molar-refractivity contribution in [2.45, 2.75) is 6.92 Å². The first kappa shape index (κ1) is 14.8. The van der Waals surface area contributed by atoms with E-state index in [9.17, 15) is 0 Å². The molecule has 0 aliphatic carbocycles. The van der Waals surface area contributed by atoms with E-state index in [0.29, 0.717) is 13.1 Å². The smallest absolute Gasteiger partial charge is 0.0606 e. The average molecular weight is 292 g/mol. The van der Waals surface area contributed by atoms with E-state index in [2.05, 4.69) is 0 Å². The van der Waals surface area contributed by atoms with Crippen molar-refractivity contribution < 1.29 is 10.2 Å². The molecule has 0 fully saturated rings. The van der Waals surface area contributed by atoms with Crippen molar-refractivity contribution in [1.29, 1.82) is 0 Å². The zero-order valence-corrected chi connectivity index (χ0v) is 12.4. The van der Waals surface area contributed by atoms with Gasteiger partial charge in [0.1, 0.15) is 0 Å². The Bertz CT molecular complexity index is 549. The highest BCUT2D eigenvalue weighted by atomic mass is 32.1. The molecule has 0 atom stereocenters. The van der Waals surface area contributed by atoms with Gasteiger partial charge in [0.15, 0.2) is 0 Å². The number of aliphatic hydroxyl groups excluding tert-OH is 2. The SMILES string of the molecule is Cc1cc(N(CCO)CCO)cc(-c2cccs2)c1N. The lowest BCUT2D eigenvalue weighted by molar-refractivity contribution is 0.281. The summed E-state index contributed by atoms with van der Waals surface area (Å²) >= 11 is 1.65. The highest BCUT2D eigenvalue weighted by molar-refractivity contribution is 7.13. The summed E-state index contributed by atoms with van der Waals surface area (Å²) in [6.07, 6.45) is 0. The Morgan fingerprint density at radius 1 is 1.20 bits per heavy atom. The van der Waals surface area contributed by atoms with Gasteiger partial charge in [0, 0.05) is 34.9 Å². The first-order valence-electron chi connectivity index (χ1n) is 6.58. The van der Waals surface area contributed by atoms with Crippen LogP contribution < -0.4 is 10.6 Å². The molecule has 0 unspecified atom stereocenters. The molecule has 2 rings (SSSR count). The second kappa shape index (κ2) is 6.74. The molecule has 0 aliphatic rings. The third-order valence-electron chi connectivity index (χ3n) is 3.26. The Hall–Kier alpha value is -1.56. The molecule has 0 bridgehead atoms. The molecule has 0 radical (unpaired) electrons. The first-order chi connectivity index (χ1) is 9.67. The predicted molar refractivity (Wildman–Crippen MR) is 85.3 cm³/mol. The van der Waals surface area contributed by atoms with Crippen molar-refractivity contribution in [3.05, 3.63) is 35.2 Å². The molecular weight excluding hydrogens is 272 g/mol. The van der Waals surface area contributed by atoms with E-state index in [4.69, 9.17) is 15.9 Å². The van der Waals surface area contributed by atoms with E-state index in [1.165, 1.54) is 0 Å². The number of nitrogens with zero attached hydrogens (tertiary/aromatic N) is 1. The summed E-state index contributed by atoms with van der Waals surface area (Å²) in [7, 11) is 0. The van der Waals surface area contributed by atoms with E-state index in [1.54, 1.807) is 11.3 Å². The summed E-state index contributed by atoms with van der Waals surface area (Å²) in [5.74, 6) is 0. The molecule has 0 saturated heterocycles. The Balaban J connectivity index is 2.44. The van der Waals surface area contributed by atoms with Crippen molar-refractivity contribution >= 4 is 22.7 Å². The van der Waals surface area contributed by atoms with Crippen molar-refractivity contribution in [2.24, 2.45) is 0 Å². The predicted octanol–water partition coefficient (Wildman–Crippen LogP) is 2.10. The number of thiophene rings is 1. The normalized spacial score (nSPS) is 10.8. The van der Waals surface area contributed by atoms with Crippen LogP contribution in [0.5, 0.6) is 0 Å². The molecule has 0 spiro atoms. The number of rotatable bonds is 6. The van der Waals surface area contributed by atoms with E-state index < -0.39 is 0 Å². The monoisotopic (exact) mass is 292 g/mol. The highest BCUT2D eigenvalue weighted by Crippen LogP contribution is 2.35. The van der Waals surface area contributed by atoms with Crippen LogP contribution in [0.1, 0.15) is 5.56 Å². The van der Waals surface area contributed by atoms with Gasteiger partial charge in [-0.3, -0.25) is 0 Å². The minimum atomic E-state index is 0.0533. The Morgan fingerprint density at radius 3 is 2.45 bits per heavy atom. The molecule has 4 nitrogen and oxygen atoms in total. The van der Waals surface area contributed by atoms with Crippen molar-refractivity contribution in [2.75, 3.05) is 36.9 Å². The standard InChI is InChI=1S/C15H20N2O2S/c1-11-9-12(17(4-6-18)5-7-19)10-13(15(11)16)14-3-2-8-20-14/h2-3,8-10,18-19H,4-7,16H2,1H3. The Kier molecular flexibility index (Phi) is 5.00. The van der Waals surface area contributed by atoms with Gasteiger partial charge < -0.3 is 20.8 Å². The van der Waals surface area contributed by atoms with Crippen LogP contribution in [0.2, 0.25) is 0 Å². The van der Waals surface area contributed by atoms with Gasteiger partial charge in [-0.1, -0.05) is 6.07 Å². The third kappa shape index (κ3) is 3.12. The summed E-state index contributed by atoms with van der Waals surface area (Å²) in [5.41, 5.74) is 9.95. The number of nitrogens with two attached hydrogens (primary N) is 1. The van der Waals surface area contributed by atoms with Crippen molar-refractivity contribution in [3.63, 3.8) is 0 Å². The van der Waals surface area contributed by atoms with Gasteiger partial charge in [-0.15, -0.1) is 11.3 Å². The number of hydrogen-bond acceptors (Lipinski definition) is 5. The fourth-order valence-corrected chi connectivity index (χ4v) is 2.97. The van der Waals surface area contributed by atoms with Gasteiger partial charge in [0.2, 0.25) is 0 Å². The molecule has 2 aromatic rings. The molecule has 1 aromatic carbocycles. The lowest BCUT2D eigenvalue weighted by Gasteiger charge is -2.24. The number of benzene rings is 1. The van der Waals surface area contributed by atoms with Gasteiger partial charge in [-0.05, 0) is 36.1 Å². The van der Waals surface area contributed by atoms with E-state index in [-0.39, 0.29) is 13.2 Å². The maximum atomic E-state index is 9.16. The largest absolute Gasteiger partial charge is 0.398 e. The molecule has 0 amide bonds. The molecule has 4 N–H and O–H groups in total. The van der Waals surface area contributed by atoms with Crippen LogP contribution in [0.25, 0.3) is 10.4 Å². The summed E-state index contributed by atoms with van der Waals surface area (Å²) < 4.78 is 0. The molecule has 0 aliphatic heterocycles. The molecule has 20 heavy (non-hydrogen) atoms. The number of hydrogen-bond donors (Lipinski definition) is 3. The quantitative estimate of drug-likeness (QED) is 0.713. The summed E-state index contributed by atoms with van der Waals surface area (Å²) in [5, 5.41) is 20.3. The molecule has 1 heterocycles. The van der Waals surface area contributed by atoms with Crippen LogP contribution in [-0.2, 0) is 0 Å². The summed E-state index contributed by atoms with van der Waals surface area (Å²) in [6.45, 7) is 3.07. The summed E-state index contributed by atoms with van der Waals surface area (Å²) in [6, 6.07) is 8.07. The average Bonchev–Trinajstić information content (AvgIpc) is 2.95. The Morgan fingerprint density at radius 2 is 1.90 bits per heavy atom. The molecule has 108 valence electrons. The molecule has 5 heteroatoms. The summed E-state index contributed by atoms with van der Waals surface area (Å²) in [4.78, 5) is 3.09. The van der Waals surface area contributed by atoms with Crippen LogP contribution in [0.4, 0.5) is 11.4 Å². The van der Waals surface area contributed by atoms with Crippen molar-refractivity contribution in [1.82, 2.24) is 0 Å². The number of aryl methyl sites for hydroxylation is 1. The van der Waals surface area contributed by atoms with Crippen LogP contribution in [0.3, 0.4) is 0 Å². The highest BCUT2D eigenvalue weighted by Gasteiger charge is 2.12. The number of nitrogen functional groups attached to an aromatic ring is 1. The number of anilines is 2. The minimum Gasteiger partial charge on any atom is -0.398 e. The van der Waals surface area contributed by atoms with Crippen LogP contribution >= 0.6 is 11.3 Å². The van der Waals surface area contributed by atoms with E-state index >= 15 is 0 Å². The molecule has 1 aromatic heterocycles. The van der Waals surface area contributed by atoms with Crippen molar-refractivity contribution in [3.8, 4) is 10.4 Å². The van der Waals surface area contributed by atoms with Crippen LogP contribution in [0, 0.1) is 6.92 Å². The third-order valence-corrected chi connectivity index (χ3v) is 4.17. The van der Waals surface area contributed by atoms with Crippen LogP contribution in [0.15, 0.2) is 29.6 Å². The van der Waals surface area contributed by atoms with Gasteiger partial charge in [-0.2, -0.15) is 0 Å². The lowest BCUT2D eigenvalue weighted by atomic mass is 10.0. The maximum Gasteiger partial charge on any atom is 0.0606 e. The van der Waals surface area contributed by atoms with Gasteiger partial charge in [-0.25, -0.2) is 0 Å². The van der Waals surface area contributed by atoms with Gasteiger partial charge in [0.25, 0.3) is 0 Å². The van der Waals surface area contributed by atoms with Gasteiger partial charge >= 0.3 is 0 Å².